The molecule has 11 heteroatoms. The predicted octanol–water partition coefficient (Wildman–Crippen LogP) is 7.08. The molecule has 2 heterocycles. The molecule has 236 valence electrons. The number of carbonyl (C=O) groups is 2. The summed E-state index contributed by atoms with van der Waals surface area (Å²) in [7, 11) is -1.12. The summed E-state index contributed by atoms with van der Waals surface area (Å²) in [6.45, 7) is 2.07. The largest absolute Gasteiger partial charge is 0.508 e. The molecule has 2 saturated heterocycles. The smallest absolute Gasteiger partial charge is 0.455 e. The molecule has 0 bridgehead atoms. The van der Waals surface area contributed by atoms with E-state index in [0.29, 0.717) is 24.3 Å². The molecule has 0 saturated carbocycles. The van der Waals surface area contributed by atoms with E-state index in [0.717, 1.165) is 45.6 Å². The molecule has 2 N–H and O–H groups in total. The third kappa shape index (κ3) is 6.12. The van der Waals surface area contributed by atoms with Gasteiger partial charge in [-0.3, -0.25) is 19.7 Å². The minimum Gasteiger partial charge on any atom is -0.508 e. The second-order valence-corrected chi connectivity index (χ2v) is 12.5. The number of amides is 2. The van der Waals surface area contributed by atoms with Crippen LogP contribution in [0.4, 0.5) is 11.4 Å². The average Bonchev–Trinajstić information content (AvgIpc) is 3.29. The maximum absolute atomic E-state index is 14.0. The van der Waals surface area contributed by atoms with Gasteiger partial charge in [0.2, 0.25) is 11.8 Å². The van der Waals surface area contributed by atoms with Crippen LogP contribution in [0.3, 0.4) is 0 Å². The zero-order valence-electron chi connectivity index (χ0n) is 25.3. The lowest BCUT2D eigenvalue weighted by molar-refractivity contribution is -0.384. The van der Waals surface area contributed by atoms with E-state index in [4.69, 9.17) is 16.3 Å². The van der Waals surface area contributed by atoms with Gasteiger partial charge >= 0.3 is 7.12 Å². The van der Waals surface area contributed by atoms with Gasteiger partial charge in [-0.15, -0.1) is 0 Å². The number of hydrogen-bond acceptors (Lipinski definition) is 7. The highest BCUT2D eigenvalue weighted by molar-refractivity contribution is 6.43. The Labute approximate surface area is 272 Å². The summed E-state index contributed by atoms with van der Waals surface area (Å²) in [5.74, 6) is -2.37. The molecule has 2 amide bonds. The Bertz CT molecular complexity index is 1740. The normalized spacial score (nSPS) is 23.1. The molecule has 2 aliphatic heterocycles. The number of rotatable bonds is 9. The lowest BCUT2D eigenvalue weighted by Gasteiger charge is -2.43. The van der Waals surface area contributed by atoms with Crippen molar-refractivity contribution in [1.82, 2.24) is 0 Å². The fraction of sp³-hybridized carbons (Fsp3) is 0.314. The average molecular weight is 641 g/mol. The first-order valence-electron chi connectivity index (χ1n) is 15.6. The van der Waals surface area contributed by atoms with Crippen LogP contribution >= 0.6 is 11.6 Å². The Morgan fingerprint density at radius 1 is 1.09 bits per heavy atom. The van der Waals surface area contributed by atoms with Gasteiger partial charge in [-0.2, -0.15) is 0 Å². The second kappa shape index (κ2) is 13.2. The number of hydrogen-bond donors (Lipinski definition) is 2. The molecule has 3 aliphatic rings. The first-order chi connectivity index (χ1) is 22.2. The Hall–Kier alpha value is -4.25. The lowest BCUT2D eigenvalue weighted by Crippen LogP contribution is -2.46. The van der Waals surface area contributed by atoms with Crippen molar-refractivity contribution in [3.05, 3.63) is 110 Å². The zero-order chi connectivity index (χ0) is 32.5. The number of nitrogens with zero attached hydrogens (tertiary/aromatic N) is 2. The molecule has 46 heavy (non-hydrogen) atoms. The number of anilines is 1. The number of imide groups is 1. The topological polar surface area (TPSA) is 130 Å². The fourth-order valence-electron chi connectivity index (χ4n) is 7.36. The molecule has 1 aliphatic carbocycles. The number of halogens is 1. The van der Waals surface area contributed by atoms with Gasteiger partial charge < -0.3 is 14.8 Å². The van der Waals surface area contributed by atoms with E-state index < -0.39 is 41.8 Å². The van der Waals surface area contributed by atoms with Gasteiger partial charge in [-0.1, -0.05) is 66.9 Å². The Balaban J connectivity index is 1.33. The predicted molar refractivity (Wildman–Crippen MR) is 177 cm³/mol. The Kier molecular flexibility index (Phi) is 9.13. The molecule has 0 unspecified atom stereocenters. The van der Waals surface area contributed by atoms with E-state index in [1.165, 1.54) is 24.3 Å². The number of nitro groups is 1. The molecule has 3 aromatic carbocycles. The number of phenols is 1. The third-order valence-corrected chi connectivity index (χ3v) is 9.62. The van der Waals surface area contributed by atoms with Crippen LogP contribution in [0.1, 0.15) is 50.2 Å². The number of allylic oxidation sites excluding steroid dienone is 2. The molecular weight excluding hydrogens is 607 g/mol. The number of nitro benzene ring substituents is 1. The van der Waals surface area contributed by atoms with Crippen molar-refractivity contribution in [1.29, 1.82) is 0 Å². The summed E-state index contributed by atoms with van der Waals surface area (Å²) in [6, 6.07) is 20.3. The lowest BCUT2D eigenvalue weighted by atomic mass is 9.58. The highest BCUT2D eigenvalue weighted by Gasteiger charge is 2.57. The molecule has 3 aromatic rings. The van der Waals surface area contributed by atoms with Gasteiger partial charge in [0.15, 0.2) is 0 Å². The van der Waals surface area contributed by atoms with Gasteiger partial charge in [0.25, 0.3) is 5.69 Å². The molecule has 6 rings (SSSR count). The summed E-state index contributed by atoms with van der Waals surface area (Å²) in [5.41, 5.74) is 4.80. The molecule has 0 radical (unpaired) electrons. The number of fused-ring (bicyclic) bond motifs is 3. The second-order valence-electron chi connectivity index (χ2n) is 12.1. The van der Waals surface area contributed by atoms with Crippen molar-refractivity contribution in [3.8, 4) is 5.75 Å². The number of non-ortho nitro benzene ring substituents is 1. The van der Waals surface area contributed by atoms with Gasteiger partial charge in [0.05, 0.1) is 33.6 Å². The fourth-order valence-corrected chi connectivity index (χ4v) is 7.59. The van der Waals surface area contributed by atoms with Crippen molar-refractivity contribution < 1.29 is 29.3 Å². The number of aromatic hydroxyl groups is 1. The molecular formula is C35H34BClN2O7. The van der Waals surface area contributed by atoms with Crippen LogP contribution < -0.4 is 4.90 Å². The van der Waals surface area contributed by atoms with Crippen LogP contribution in [0.25, 0.3) is 11.6 Å². The quantitative estimate of drug-likeness (QED) is 0.0638. The maximum atomic E-state index is 14.0. The highest BCUT2D eigenvalue weighted by Crippen LogP contribution is 2.52. The van der Waals surface area contributed by atoms with Gasteiger partial charge in [-0.25, -0.2) is 4.90 Å². The Morgan fingerprint density at radius 3 is 2.59 bits per heavy atom. The van der Waals surface area contributed by atoms with Crippen LogP contribution in [0.2, 0.25) is 11.3 Å². The van der Waals surface area contributed by atoms with Crippen molar-refractivity contribution >= 4 is 53.6 Å². The first kappa shape index (κ1) is 31.7. The summed E-state index contributed by atoms with van der Waals surface area (Å²) < 4.78 is 6.20. The van der Waals surface area contributed by atoms with E-state index in [1.807, 2.05) is 36.4 Å². The SMILES string of the molecule is CCCC1=C2[C@@H](CC/C(=C/c3ccc(O)cc3Cl)c3ccccc3)OB(O)C[C@@H]2[C@@H]2C(=O)N(c3cccc([N+](=O)[O-])c3)C(=O)[C@@H]2C1. The van der Waals surface area contributed by atoms with Gasteiger partial charge in [-0.05, 0) is 90.5 Å². The first-order valence-corrected chi connectivity index (χ1v) is 16.0. The van der Waals surface area contributed by atoms with Crippen molar-refractivity contribution in [3.63, 3.8) is 0 Å². The van der Waals surface area contributed by atoms with Crippen molar-refractivity contribution in [2.75, 3.05) is 4.90 Å². The van der Waals surface area contributed by atoms with E-state index in [1.54, 1.807) is 18.2 Å². The summed E-state index contributed by atoms with van der Waals surface area (Å²) >= 11 is 6.46. The van der Waals surface area contributed by atoms with E-state index in [9.17, 15) is 29.8 Å². The van der Waals surface area contributed by atoms with Gasteiger partial charge in [0, 0.05) is 12.1 Å². The van der Waals surface area contributed by atoms with Crippen LogP contribution in [-0.2, 0) is 14.2 Å². The maximum Gasteiger partial charge on any atom is 0.455 e. The van der Waals surface area contributed by atoms with Crippen LogP contribution in [0.15, 0.2) is 83.9 Å². The monoisotopic (exact) mass is 640 g/mol. The third-order valence-electron chi connectivity index (χ3n) is 9.29. The van der Waals surface area contributed by atoms with Crippen LogP contribution in [-0.4, -0.2) is 40.1 Å². The highest BCUT2D eigenvalue weighted by atomic mass is 35.5. The molecule has 2 fully saturated rings. The summed E-state index contributed by atoms with van der Waals surface area (Å²) in [6.07, 6.45) is 4.75. The Morgan fingerprint density at radius 2 is 1.87 bits per heavy atom. The minimum absolute atomic E-state index is 0.0778. The van der Waals surface area contributed by atoms with Crippen LogP contribution in [0.5, 0.6) is 5.75 Å². The molecule has 9 nitrogen and oxygen atoms in total. The standard InChI is InChI=1S/C35H34BClN2O7/c1-2-7-24-17-28-33(35(42)38(34(28)41)25-10-6-11-26(18-25)39(44)45)29-20-36(43)46-31(32(24)29)15-13-22(21-8-4-3-5-9-21)16-23-12-14-27(40)19-30(23)37/h3-6,8-12,14,16,18-19,28-29,31,33,40,43H,2,7,13,15,17,20H2,1H3/b22-16-/t28-,29+,31-,33-/m1/s1. The minimum atomic E-state index is -1.12. The van der Waals surface area contributed by atoms with Crippen LogP contribution in [0, 0.1) is 27.9 Å². The van der Waals surface area contributed by atoms with Crippen molar-refractivity contribution in [2.24, 2.45) is 17.8 Å². The van der Waals surface area contributed by atoms with E-state index in [2.05, 4.69) is 6.92 Å². The van der Waals surface area contributed by atoms with Crippen molar-refractivity contribution in [2.45, 2.75) is 51.5 Å². The number of carbonyl (C=O) groups excluding carboxylic acids is 2. The summed E-state index contributed by atoms with van der Waals surface area (Å²) in [5, 5.41) is 32.7. The molecule has 4 atom stereocenters. The number of phenolic OH excluding ortho intramolecular Hbond substituents is 1. The number of benzene rings is 3. The van der Waals surface area contributed by atoms with E-state index >= 15 is 0 Å². The van der Waals surface area contributed by atoms with E-state index in [-0.39, 0.29) is 29.4 Å². The van der Waals surface area contributed by atoms with Gasteiger partial charge in [0.1, 0.15) is 5.75 Å². The zero-order valence-corrected chi connectivity index (χ0v) is 26.1. The summed E-state index contributed by atoms with van der Waals surface area (Å²) in [4.78, 5) is 39.8. The molecule has 0 spiro atoms. The molecule has 0 aromatic heterocycles.